The lowest BCUT2D eigenvalue weighted by molar-refractivity contribution is -0.116. The van der Waals surface area contributed by atoms with Crippen LogP contribution < -0.4 is 5.32 Å². The largest absolute Gasteiger partial charge is 0.441 e. The molecule has 1 N–H and O–H groups in total. The fourth-order valence-electron chi connectivity index (χ4n) is 1.51. The third-order valence-electron chi connectivity index (χ3n) is 2.24. The Balaban J connectivity index is 2.14. The van der Waals surface area contributed by atoms with Crippen LogP contribution in [-0.4, -0.2) is 10.9 Å². The van der Waals surface area contributed by atoms with Gasteiger partial charge in [-0.05, 0) is 18.2 Å². The van der Waals surface area contributed by atoms with E-state index in [0.29, 0.717) is 22.7 Å². The van der Waals surface area contributed by atoms with Crippen LogP contribution in [0.2, 0.25) is 0 Å². The van der Waals surface area contributed by atoms with Gasteiger partial charge in [0.15, 0.2) is 11.5 Å². The summed E-state index contributed by atoms with van der Waals surface area (Å²) in [5.41, 5.74) is 2.06. The molecule has 0 atom stereocenters. The molecule has 2 rings (SSSR count). The number of nitriles is 1. The molecule has 0 bridgehead atoms. The molecule has 17 heavy (non-hydrogen) atoms. The van der Waals surface area contributed by atoms with E-state index in [9.17, 15) is 4.79 Å². The molecule has 1 amide bonds. The third-order valence-corrected chi connectivity index (χ3v) is 2.24. The zero-order valence-electron chi connectivity index (χ0n) is 9.36. The van der Waals surface area contributed by atoms with Gasteiger partial charge in [-0.25, -0.2) is 4.98 Å². The molecule has 2 aromatic rings. The molecule has 5 nitrogen and oxygen atoms in total. The Hall–Kier alpha value is -2.35. The minimum Gasteiger partial charge on any atom is -0.441 e. The van der Waals surface area contributed by atoms with Crippen LogP contribution in [0.1, 0.15) is 18.7 Å². The standard InChI is InChI=1S/C12H11N3O2/c1-8-14-10-7-9(4-5-11(10)17-8)15-12(16)3-2-6-13/h4-5,7H,2-3H2,1H3,(H,15,16). The lowest BCUT2D eigenvalue weighted by atomic mass is 10.2. The first-order valence-electron chi connectivity index (χ1n) is 5.23. The molecule has 0 radical (unpaired) electrons. The van der Waals surface area contributed by atoms with Crippen molar-refractivity contribution in [2.45, 2.75) is 19.8 Å². The third kappa shape index (κ3) is 2.61. The van der Waals surface area contributed by atoms with Gasteiger partial charge in [-0.2, -0.15) is 5.26 Å². The van der Waals surface area contributed by atoms with E-state index in [1.165, 1.54) is 0 Å². The van der Waals surface area contributed by atoms with Gasteiger partial charge >= 0.3 is 0 Å². The maximum Gasteiger partial charge on any atom is 0.225 e. The van der Waals surface area contributed by atoms with Crippen LogP contribution in [0.4, 0.5) is 5.69 Å². The van der Waals surface area contributed by atoms with Crippen molar-refractivity contribution < 1.29 is 9.21 Å². The zero-order chi connectivity index (χ0) is 12.3. The van der Waals surface area contributed by atoms with Crippen LogP contribution in [-0.2, 0) is 4.79 Å². The smallest absolute Gasteiger partial charge is 0.225 e. The average Bonchev–Trinajstić information content (AvgIpc) is 2.65. The van der Waals surface area contributed by atoms with Crippen LogP contribution in [0.3, 0.4) is 0 Å². The normalized spacial score (nSPS) is 10.1. The topological polar surface area (TPSA) is 78.9 Å². The number of carbonyl (C=O) groups excluding carboxylic acids is 1. The van der Waals surface area contributed by atoms with Crippen molar-refractivity contribution in [1.29, 1.82) is 5.26 Å². The van der Waals surface area contributed by atoms with Gasteiger partial charge in [0.25, 0.3) is 0 Å². The predicted octanol–water partition coefficient (Wildman–Crippen LogP) is 2.38. The van der Waals surface area contributed by atoms with Crippen molar-refractivity contribution >= 4 is 22.7 Å². The van der Waals surface area contributed by atoms with Gasteiger partial charge in [-0.3, -0.25) is 4.79 Å². The second-order valence-electron chi connectivity index (χ2n) is 3.62. The monoisotopic (exact) mass is 229 g/mol. The van der Waals surface area contributed by atoms with Gasteiger partial charge < -0.3 is 9.73 Å². The summed E-state index contributed by atoms with van der Waals surface area (Å²) < 4.78 is 5.33. The van der Waals surface area contributed by atoms with Crippen molar-refractivity contribution in [2.75, 3.05) is 5.32 Å². The summed E-state index contributed by atoms with van der Waals surface area (Å²) in [6.45, 7) is 1.77. The van der Waals surface area contributed by atoms with Gasteiger partial charge in [0.2, 0.25) is 5.91 Å². The highest BCUT2D eigenvalue weighted by Gasteiger charge is 2.05. The number of carbonyl (C=O) groups is 1. The Bertz CT molecular complexity index is 595. The van der Waals surface area contributed by atoms with E-state index in [1.54, 1.807) is 25.1 Å². The number of amides is 1. The molecule has 86 valence electrons. The fraction of sp³-hybridized carbons (Fsp3) is 0.250. The summed E-state index contributed by atoms with van der Waals surface area (Å²) in [6, 6.07) is 7.18. The van der Waals surface area contributed by atoms with Crippen molar-refractivity contribution in [1.82, 2.24) is 4.98 Å². The first-order chi connectivity index (χ1) is 8.19. The highest BCUT2D eigenvalue weighted by molar-refractivity contribution is 5.92. The van der Waals surface area contributed by atoms with Crippen LogP contribution in [0, 0.1) is 18.3 Å². The number of nitrogens with zero attached hydrogens (tertiary/aromatic N) is 2. The van der Waals surface area contributed by atoms with Crippen molar-refractivity contribution in [3.05, 3.63) is 24.1 Å². The Labute approximate surface area is 98.1 Å². The van der Waals surface area contributed by atoms with E-state index in [2.05, 4.69) is 10.3 Å². The predicted molar refractivity (Wildman–Crippen MR) is 62.2 cm³/mol. The Kier molecular flexibility index (Phi) is 3.06. The molecular weight excluding hydrogens is 218 g/mol. The maximum absolute atomic E-state index is 11.4. The summed E-state index contributed by atoms with van der Waals surface area (Å²) >= 11 is 0. The number of anilines is 1. The first kappa shape index (κ1) is 11.1. The SMILES string of the molecule is Cc1nc2cc(NC(=O)CCC#N)ccc2o1. The molecule has 5 heteroatoms. The molecule has 0 aliphatic heterocycles. The van der Waals surface area contributed by atoms with Crippen molar-refractivity contribution in [2.24, 2.45) is 0 Å². The Morgan fingerprint density at radius 3 is 3.18 bits per heavy atom. The summed E-state index contributed by atoms with van der Waals surface area (Å²) in [6.07, 6.45) is 0.420. The zero-order valence-corrected chi connectivity index (χ0v) is 9.36. The number of fused-ring (bicyclic) bond motifs is 1. The van der Waals surface area contributed by atoms with Crippen LogP contribution in [0.25, 0.3) is 11.1 Å². The molecule has 0 fully saturated rings. The minimum absolute atomic E-state index is 0.175. The molecule has 0 spiro atoms. The maximum atomic E-state index is 11.4. The summed E-state index contributed by atoms with van der Waals surface area (Å²) in [7, 11) is 0. The molecule has 0 aliphatic rings. The lowest BCUT2D eigenvalue weighted by Crippen LogP contribution is -2.10. The minimum atomic E-state index is -0.175. The van der Waals surface area contributed by atoms with E-state index < -0.39 is 0 Å². The second-order valence-corrected chi connectivity index (χ2v) is 3.62. The average molecular weight is 229 g/mol. The number of aromatic nitrogens is 1. The fourth-order valence-corrected chi connectivity index (χ4v) is 1.51. The van der Waals surface area contributed by atoms with Gasteiger partial charge in [0.1, 0.15) is 5.52 Å². The van der Waals surface area contributed by atoms with Gasteiger partial charge in [-0.1, -0.05) is 0 Å². The van der Waals surface area contributed by atoms with Gasteiger partial charge in [0.05, 0.1) is 6.07 Å². The van der Waals surface area contributed by atoms with Crippen LogP contribution in [0.15, 0.2) is 22.6 Å². The van der Waals surface area contributed by atoms with Gasteiger partial charge in [-0.15, -0.1) is 0 Å². The highest BCUT2D eigenvalue weighted by atomic mass is 16.3. The second kappa shape index (κ2) is 4.66. The molecule has 0 aliphatic carbocycles. The van der Waals surface area contributed by atoms with Gasteiger partial charge in [0, 0.05) is 25.5 Å². The molecular formula is C12H11N3O2. The number of hydrogen-bond acceptors (Lipinski definition) is 4. The summed E-state index contributed by atoms with van der Waals surface area (Å²) in [5.74, 6) is 0.416. The molecule has 1 aromatic carbocycles. The summed E-state index contributed by atoms with van der Waals surface area (Å²) in [5, 5.41) is 11.1. The van der Waals surface area contributed by atoms with E-state index in [0.717, 1.165) is 0 Å². The number of nitrogens with one attached hydrogen (secondary N) is 1. The number of hydrogen-bond donors (Lipinski definition) is 1. The molecule has 0 unspecified atom stereocenters. The molecule has 0 saturated carbocycles. The lowest BCUT2D eigenvalue weighted by Gasteiger charge is -2.02. The number of oxazole rings is 1. The van der Waals surface area contributed by atoms with E-state index in [-0.39, 0.29) is 18.7 Å². The first-order valence-corrected chi connectivity index (χ1v) is 5.23. The van der Waals surface area contributed by atoms with Crippen molar-refractivity contribution in [3.63, 3.8) is 0 Å². The Morgan fingerprint density at radius 1 is 1.59 bits per heavy atom. The quantitative estimate of drug-likeness (QED) is 0.876. The Morgan fingerprint density at radius 2 is 2.41 bits per heavy atom. The van der Waals surface area contributed by atoms with Crippen LogP contribution in [0.5, 0.6) is 0 Å². The van der Waals surface area contributed by atoms with E-state index in [1.807, 2.05) is 6.07 Å². The summed E-state index contributed by atoms with van der Waals surface area (Å²) in [4.78, 5) is 15.6. The van der Waals surface area contributed by atoms with Crippen molar-refractivity contribution in [3.8, 4) is 6.07 Å². The van der Waals surface area contributed by atoms with Crippen LogP contribution >= 0.6 is 0 Å². The molecule has 0 saturated heterocycles. The van der Waals surface area contributed by atoms with E-state index >= 15 is 0 Å². The van der Waals surface area contributed by atoms with E-state index in [4.69, 9.17) is 9.68 Å². The molecule has 1 aromatic heterocycles. The highest BCUT2D eigenvalue weighted by Crippen LogP contribution is 2.19. The number of aryl methyl sites for hydroxylation is 1. The number of rotatable bonds is 3. The number of benzene rings is 1. The molecule has 1 heterocycles.